The molecule has 1 aromatic heterocycles. The zero-order valence-electron chi connectivity index (χ0n) is 11.3. The first-order chi connectivity index (χ1) is 9.74. The number of carbonyl (C=O) groups excluding carboxylic acids is 1. The number of rotatable bonds is 5. The molecule has 20 heavy (non-hydrogen) atoms. The second kappa shape index (κ2) is 6.91. The first-order valence-electron chi connectivity index (χ1n) is 6.50. The van der Waals surface area contributed by atoms with Crippen LogP contribution in [0.15, 0.2) is 65.9 Å². The summed E-state index contributed by atoms with van der Waals surface area (Å²) in [5, 5.41) is 0.414. The Kier molecular flexibility index (Phi) is 4.96. The fraction of sp³-hybridized carbons (Fsp3) is 0.188. The molecule has 0 spiro atoms. The van der Waals surface area contributed by atoms with E-state index in [0.717, 1.165) is 0 Å². The van der Waals surface area contributed by atoms with Crippen molar-refractivity contribution in [2.45, 2.75) is 13.0 Å². The summed E-state index contributed by atoms with van der Waals surface area (Å²) in [6, 6.07) is 14.3. The van der Waals surface area contributed by atoms with Gasteiger partial charge in [0.2, 0.25) is 11.8 Å². The molecule has 0 radical (unpaired) electrons. The van der Waals surface area contributed by atoms with Crippen LogP contribution in [0.3, 0.4) is 0 Å². The highest BCUT2D eigenvalue weighted by atomic mass is 32.1. The van der Waals surface area contributed by atoms with E-state index in [1.807, 2.05) is 55.7 Å². The van der Waals surface area contributed by atoms with Gasteiger partial charge in [0.05, 0.1) is 0 Å². The van der Waals surface area contributed by atoms with Crippen molar-refractivity contribution in [3.63, 3.8) is 0 Å². The maximum atomic E-state index is 12.7. The third-order valence-electron chi connectivity index (χ3n) is 2.89. The van der Waals surface area contributed by atoms with Gasteiger partial charge < -0.3 is 17.6 Å². The standard InChI is InChI=1S/C16H16N2OS/c1-2-17-16(20)14(18-11-7-4-8-12-18)15(19)13-9-5-3-6-10-13/h3-12,14H,2H2,1H3. The van der Waals surface area contributed by atoms with Crippen molar-refractivity contribution in [2.75, 3.05) is 6.54 Å². The highest BCUT2D eigenvalue weighted by molar-refractivity contribution is 7.77. The summed E-state index contributed by atoms with van der Waals surface area (Å²) in [5.74, 6) is -0.0380. The molecule has 2 rings (SSSR count). The van der Waals surface area contributed by atoms with Crippen LogP contribution >= 0.6 is 0 Å². The van der Waals surface area contributed by atoms with E-state index in [9.17, 15) is 4.79 Å². The van der Waals surface area contributed by atoms with E-state index in [0.29, 0.717) is 17.2 Å². The van der Waals surface area contributed by atoms with Gasteiger partial charge in [-0.25, -0.2) is 0 Å². The SMILES string of the molecule is CCN=C([S-])C(C(=O)c1ccccc1)[n+]1ccccc1. The van der Waals surface area contributed by atoms with Gasteiger partial charge in [-0.1, -0.05) is 36.4 Å². The number of hydrogen-bond acceptors (Lipinski definition) is 3. The molecule has 0 saturated heterocycles. The Balaban J connectivity index is 2.43. The van der Waals surface area contributed by atoms with E-state index in [4.69, 9.17) is 12.6 Å². The summed E-state index contributed by atoms with van der Waals surface area (Å²) in [5.41, 5.74) is 0.641. The number of ketones is 1. The number of carbonyl (C=O) groups is 1. The predicted molar refractivity (Wildman–Crippen MR) is 81.8 cm³/mol. The third-order valence-corrected chi connectivity index (χ3v) is 3.24. The van der Waals surface area contributed by atoms with Crippen LogP contribution in [-0.2, 0) is 12.6 Å². The summed E-state index contributed by atoms with van der Waals surface area (Å²) < 4.78 is 1.80. The van der Waals surface area contributed by atoms with E-state index < -0.39 is 6.04 Å². The Labute approximate surface area is 124 Å². The van der Waals surface area contributed by atoms with Crippen LogP contribution in [0.1, 0.15) is 23.3 Å². The Morgan fingerprint density at radius 3 is 2.35 bits per heavy atom. The number of aliphatic imine (C=N–C) groups is 1. The number of nitrogens with zero attached hydrogens (tertiary/aromatic N) is 2. The van der Waals surface area contributed by atoms with Crippen molar-refractivity contribution in [2.24, 2.45) is 4.99 Å². The molecule has 0 N–H and O–H groups in total. The summed E-state index contributed by atoms with van der Waals surface area (Å²) in [7, 11) is 0. The molecular weight excluding hydrogens is 268 g/mol. The van der Waals surface area contributed by atoms with Gasteiger partial charge in [0.15, 0.2) is 12.4 Å². The number of Topliss-reactive ketones (excluding diaryl/α,β-unsaturated/α-hetero) is 1. The van der Waals surface area contributed by atoms with Crippen LogP contribution in [-0.4, -0.2) is 17.4 Å². The molecule has 0 aliphatic heterocycles. The van der Waals surface area contributed by atoms with Crippen LogP contribution in [0.25, 0.3) is 0 Å². The first kappa shape index (κ1) is 14.3. The van der Waals surface area contributed by atoms with E-state index in [1.54, 1.807) is 16.7 Å². The van der Waals surface area contributed by atoms with Crippen LogP contribution in [0, 0.1) is 0 Å². The van der Waals surface area contributed by atoms with Gasteiger partial charge >= 0.3 is 0 Å². The van der Waals surface area contributed by atoms with Gasteiger partial charge in [0.25, 0.3) is 0 Å². The average Bonchev–Trinajstić information content (AvgIpc) is 2.50. The molecule has 4 heteroatoms. The zero-order chi connectivity index (χ0) is 14.4. The van der Waals surface area contributed by atoms with Crippen LogP contribution < -0.4 is 4.57 Å². The lowest BCUT2D eigenvalue weighted by Gasteiger charge is -2.18. The lowest BCUT2D eigenvalue weighted by molar-refractivity contribution is -0.691. The molecule has 102 valence electrons. The van der Waals surface area contributed by atoms with Crippen LogP contribution in [0.4, 0.5) is 0 Å². The minimum absolute atomic E-state index is 0.0380. The van der Waals surface area contributed by atoms with Gasteiger partial charge in [0.1, 0.15) is 0 Å². The highest BCUT2D eigenvalue weighted by Crippen LogP contribution is 2.11. The van der Waals surface area contributed by atoms with E-state index in [2.05, 4.69) is 4.99 Å². The van der Waals surface area contributed by atoms with Crippen molar-refractivity contribution < 1.29 is 9.36 Å². The Bertz CT molecular complexity index is 596. The van der Waals surface area contributed by atoms with Gasteiger partial charge in [-0.15, -0.1) is 0 Å². The Morgan fingerprint density at radius 1 is 1.15 bits per heavy atom. The number of hydrogen-bond donors (Lipinski definition) is 0. The van der Waals surface area contributed by atoms with Crippen molar-refractivity contribution in [1.29, 1.82) is 0 Å². The molecule has 0 saturated carbocycles. The van der Waals surface area contributed by atoms with Gasteiger partial charge in [0, 0.05) is 24.2 Å². The van der Waals surface area contributed by atoms with E-state index >= 15 is 0 Å². The van der Waals surface area contributed by atoms with Gasteiger partial charge in [-0.3, -0.25) is 4.79 Å². The first-order valence-corrected chi connectivity index (χ1v) is 6.91. The van der Waals surface area contributed by atoms with Crippen LogP contribution in [0.5, 0.6) is 0 Å². The summed E-state index contributed by atoms with van der Waals surface area (Å²) in [6.07, 6.45) is 3.67. The predicted octanol–water partition coefficient (Wildman–Crippen LogP) is 2.36. The van der Waals surface area contributed by atoms with Crippen molar-refractivity contribution in [3.8, 4) is 0 Å². The fourth-order valence-electron chi connectivity index (χ4n) is 1.96. The monoisotopic (exact) mass is 284 g/mol. The average molecular weight is 284 g/mol. The second-order valence-electron chi connectivity index (χ2n) is 4.27. The van der Waals surface area contributed by atoms with Gasteiger partial charge in [-0.05, 0) is 12.0 Å². The molecule has 0 amide bonds. The Hall–Kier alpha value is -2.07. The number of benzene rings is 1. The molecule has 0 fully saturated rings. The zero-order valence-corrected chi connectivity index (χ0v) is 12.1. The summed E-state index contributed by atoms with van der Waals surface area (Å²) >= 11 is 5.32. The smallest absolute Gasteiger partial charge is 0.237 e. The summed E-state index contributed by atoms with van der Waals surface area (Å²) in [4.78, 5) is 16.9. The maximum absolute atomic E-state index is 12.7. The molecule has 1 heterocycles. The van der Waals surface area contributed by atoms with Gasteiger partial charge in [-0.2, -0.15) is 4.57 Å². The van der Waals surface area contributed by atoms with E-state index in [-0.39, 0.29) is 5.78 Å². The molecular formula is C16H16N2OS. The largest absolute Gasteiger partial charge is 0.758 e. The molecule has 2 aromatic rings. The molecule has 0 bridgehead atoms. The lowest BCUT2D eigenvalue weighted by Crippen LogP contribution is -2.47. The van der Waals surface area contributed by atoms with Crippen molar-refractivity contribution >= 4 is 23.5 Å². The molecule has 1 unspecified atom stereocenters. The van der Waals surface area contributed by atoms with Crippen molar-refractivity contribution in [3.05, 3.63) is 66.5 Å². The topological polar surface area (TPSA) is 33.3 Å². The quantitative estimate of drug-likeness (QED) is 0.278. The minimum atomic E-state index is -0.562. The minimum Gasteiger partial charge on any atom is -0.758 e. The summed E-state index contributed by atoms with van der Waals surface area (Å²) in [6.45, 7) is 2.48. The third kappa shape index (κ3) is 3.27. The molecule has 1 aromatic carbocycles. The van der Waals surface area contributed by atoms with E-state index in [1.165, 1.54) is 0 Å². The number of pyridine rings is 1. The molecule has 0 aliphatic carbocycles. The molecule has 3 nitrogen and oxygen atoms in total. The van der Waals surface area contributed by atoms with Crippen LogP contribution in [0.2, 0.25) is 0 Å². The second-order valence-corrected chi connectivity index (χ2v) is 4.69. The number of aromatic nitrogens is 1. The fourth-order valence-corrected chi connectivity index (χ4v) is 2.32. The normalized spacial score (nSPS) is 12.9. The maximum Gasteiger partial charge on any atom is 0.237 e. The Morgan fingerprint density at radius 2 is 1.75 bits per heavy atom. The molecule has 0 aliphatic rings. The molecule has 1 atom stereocenters. The highest BCUT2D eigenvalue weighted by Gasteiger charge is 2.27. The van der Waals surface area contributed by atoms with Crippen molar-refractivity contribution in [1.82, 2.24) is 0 Å². The lowest BCUT2D eigenvalue weighted by atomic mass is 10.0.